The molecule has 1 atom stereocenters. The van der Waals surface area contributed by atoms with Gasteiger partial charge in [0.25, 0.3) is 0 Å². The molecule has 1 N–H and O–H groups in total. The molecule has 22 heavy (non-hydrogen) atoms. The molecule has 3 rings (SSSR count). The van der Waals surface area contributed by atoms with Crippen LogP contribution in [-0.2, 0) is 4.74 Å². The quantitative estimate of drug-likeness (QED) is 0.921. The molecular formula is C16H17ClFN3O. The standard InChI is InChI=1S/C16H17ClFN3O/c1-16(2)9-21-14(8-22-16)10-3-11(5-12(17)4-10)15-19-6-13(18)7-20-15/h3-7,14,21H,8-9H2,1-2H3. The lowest BCUT2D eigenvalue weighted by Gasteiger charge is -2.36. The lowest BCUT2D eigenvalue weighted by molar-refractivity contribution is -0.0586. The number of nitrogens with one attached hydrogen (secondary N) is 1. The van der Waals surface area contributed by atoms with Gasteiger partial charge in [0.15, 0.2) is 11.6 Å². The van der Waals surface area contributed by atoms with E-state index in [0.29, 0.717) is 17.5 Å². The lowest BCUT2D eigenvalue weighted by atomic mass is 10.00. The van der Waals surface area contributed by atoms with Crippen molar-refractivity contribution < 1.29 is 9.13 Å². The topological polar surface area (TPSA) is 47.0 Å². The van der Waals surface area contributed by atoms with E-state index in [1.54, 1.807) is 6.07 Å². The van der Waals surface area contributed by atoms with Crippen molar-refractivity contribution in [1.29, 1.82) is 0 Å². The van der Waals surface area contributed by atoms with Crippen LogP contribution in [0.4, 0.5) is 4.39 Å². The van der Waals surface area contributed by atoms with Crippen LogP contribution in [0.25, 0.3) is 11.4 Å². The van der Waals surface area contributed by atoms with E-state index >= 15 is 0 Å². The van der Waals surface area contributed by atoms with Gasteiger partial charge in [-0.25, -0.2) is 14.4 Å². The van der Waals surface area contributed by atoms with Gasteiger partial charge in [-0.05, 0) is 37.6 Å². The van der Waals surface area contributed by atoms with Crippen LogP contribution in [0.5, 0.6) is 0 Å². The summed E-state index contributed by atoms with van der Waals surface area (Å²) in [7, 11) is 0. The Morgan fingerprint density at radius 1 is 1.27 bits per heavy atom. The van der Waals surface area contributed by atoms with Crippen LogP contribution < -0.4 is 5.32 Å². The Morgan fingerprint density at radius 3 is 2.64 bits per heavy atom. The molecule has 0 saturated carbocycles. The molecule has 1 unspecified atom stereocenters. The summed E-state index contributed by atoms with van der Waals surface area (Å²) in [5.74, 6) is -0.0159. The van der Waals surface area contributed by atoms with Crippen molar-refractivity contribution >= 4 is 11.6 Å². The van der Waals surface area contributed by atoms with E-state index in [9.17, 15) is 4.39 Å². The predicted molar refractivity (Wildman–Crippen MR) is 83.2 cm³/mol. The maximum Gasteiger partial charge on any atom is 0.159 e. The van der Waals surface area contributed by atoms with E-state index in [-0.39, 0.29) is 11.6 Å². The van der Waals surface area contributed by atoms with E-state index < -0.39 is 5.82 Å². The molecule has 4 nitrogen and oxygen atoms in total. The van der Waals surface area contributed by atoms with Crippen LogP contribution in [0.1, 0.15) is 25.5 Å². The maximum atomic E-state index is 12.9. The van der Waals surface area contributed by atoms with Crippen LogP contribution in [0.3, 0.4) is 0 Å². The van der Waals surface area contributed by atoms with Crippen LogP contribution >= 0.6 is 11.6 Å². The first kappa shape index (κ1) is 15.3. The molecule has 1 saturated heterocycles. The number of halogens is 2. The number of aromatic nitrogens is 2. The number of hydrogen-bond acceptors (Lipinski definition) is 4. The largest absolute Gasteiger partial charge is 0.372 e. The van der Waals surface area contributed by atoms with Crippen LogP contribution in [0.2, 0.25) is 5.02 Å². The molecule has 1 aliphatic rings. The second-order valence-electron chi connectivity index (χ2n) is 6.00. The van der Waals surface area contributed by atoms with Crippen molar-refractivity contribution in [2.45, 2.75) is 25.5 Å². The summed E-state index contributed by atoms with van der Waals surface area (Å²) >= 11 is 6.21. The molecule has 0 amide bonds. The van der Waals surface area contributed by atoms with Gasteiger partial charge in [0, 0.05) is 17.1 Å². The maximum absolute atomic E-state index is 12.9. The molecule has 1 aromatic heterocycles. The molecule has 1 aromatic carbocycles. The molecule has 1 fully saturated rings. The smallest absolute Gasteiger partial charge is 0.159 e. The molecule has 2 heterocycles. The number of nitrogens with zero attached hydrogens (tertiary/aromatic N) is 2. The molecule has 0 aliphatic carbocycles. The van der Waals surface area contributed by atoms with Gasteiger partial charge in [0.2, 0.25) is 0 Å². The van der Waals surface area contributed by atoms with Gasteiger partial charge < -0.3 is 10.1 Å². The normalized spacial score (nSPS) is 20.8. The molecule has 0 bridgehead atoms. The highest BCUT2D eigenvalue weighted by Gasteiger charge is 2.28. The predicted octanol–water partition coefficient (Wildman–Crippen LogP) is 3.38. The van der Waals surface area contributed by atoms with Gasteiger partial charge in [0.05, 0.1) is 30.6 Å². The van der Waals surface area contributed by atoms with Gasteiger partial charge in [0.1, 0.15) is 0 Å². The number of hydrogen-bond donors (Lipinski definition) is 1. The lowest BCUT2D eigenvalue weighted by Crippen LogP contribution is -2.47. The van der Waals surface area contributed by atoms with Gasteiger partial charge in [-0.15, -0.1) is 0 Å². The summed E-state index contributed by atoms with van der Waals surface area (Å²) in [6.07, 6.45) is 2.29. The van der Waals surface area contributed by atoms with Crippen molar-refractivity contribution in [3.8, 4) is 11.4 Å². The molecule has 2 aromatic rings. The third-order valence-corrected chi connectivity index (χ3v) is 3.83. The average Bonchev–Trinajstić information content (AvgIpc) is 2.47. The second kappa shape index (κ2) is 5.91. The zero-order valence-corrected chi connectivity index (χ0v) is 13.2. The summed E-state index contributed by atoms with van der Waals surface area (Å²) < 4.78 is 18.8. The van der Waals surface area contributed by atoms with Crippen molar-refractivity contribution in [2.75, 3.05) is 13.2 Å². The summed E-state index contributed by atoms with van der Waals surface area (Å²) in [6.45, 7) is 5.42. The van der Waals surface area contributed by atoms with Crippen molar-refractivity contribution in [1.82, 2.24) is 15.3 Å². The van der Waals surface area contributed by atoms with Gasteiger partial charge >= 0.3 is 0 Å². The highest BCUT2D eigenvalue weighted by molar-refractivity contribution is 6.30. The SMILES string of the molecule is CC1(C)CNC(c2cc(Cl)cc(-c3ncc(F)cn3)c2)CO1. The Kier molecular flexibility index (Phi) is 4.12. The third-order valence-electron chi connectivity index (χ3n) is 3.62. The number of rotatable bonds is 2. The monoisotopic (exact) mass is 321 g/mol. The molecular weight excluding hydrogens is 305 g/mol. The Labute approximate surface area is 133 Å². The minimum Gasteiger partial charge on any atom is -0.372 e. The number of morpholine rings is 1. The number of benzene rings is 1. The minimum atomic E-state index is -0.462. The Morgan fingerprint density at radius 2 is 2.00 bits per heavy atom. The fourth-order valence-electron chi connectivity index (χ4n) is 2.41. The van der Waals surface area contributed by atoms with Crippen molar-refractivity contribution in [3.63, 3.8) is 0 Å². The number of ether oxygens (including phenoxy) is 1. The first-order valence-electron chi connectivity index (χ1n) is 7.09. The third kappa shape index (κ3) is 3.43. The van der Waals surface area contributed by atoms with Crippen molar-refractivity contribution in [2.24, 2.45) is 0 Å². The average molecular weight is 322 g/mol. The zero-order chi connectivity index (χ0) is 15.7. The zero-order valence-electron chi connectivity index (χ0n) is 12.4. The molecule has 6 heteroatoms. The first-order chi connectivity index (χ1) is 10.4. The Bertz CT molecular complexity index is 666. The molecule has 1 aliphatic heterocycles. The Balaban J connectivity index is 1.89. The van der Waals surface area contributed by atoms with E-state index in [0.717, 1.165) is 30.1 Å². The summed E-state index contributed by atoms with van der Waals surface area (Å²) in [6, 6.07) is 5.68. The Hall–Kier alpha value is -1.56. The van der Waals surface area contributed by atoms with Gasteiger partial charge in [-0.2, -0.15) is 0 Å². The van der Waals surface area contributed by atoms with Crippen molar-refractivity contribution in [3.05, 3.63) is 47.0 Å². The van der Waals surface area contributed by atoms with E-state index in [4.69, 9.17) is 16.3 Å². The summed E-state index contributed by atoms with van der Waals surface area (Å²) in [4.78, 5) is 8.01. The molecule has 0 spiro atoms. The van der Waals surface area contributed by atoms with Crippen LogP contribution in [-0.4, -0.2) is 28.7 Å². The van der Waals surface area contributed by atoms with E-state index in [1.165, 1.54) is 0 Å². The molecule has 0 radical (unpaired) electrons. The second-order valence-corrected chi connectivity index (χ2v) is 6.44. The highest BCUT2D eigenvalue weighted by Crippen LogP contribution is 2.28. The van der Waals surface area contributed by atoms with Gasteiger partial charge in [-0.1, -0.05) is 11.6 Å². The van der Waals surface area contributed by atoms with E-state index in [1.807, 2.05) is 26.0 Å². The highest BCUT2D eigenvalue weighted by atomic mass is 35.5. The van der Waals surface area contributed by atoms with Gasteiger partial charge in [-0.3, -0.25) is 0 Å². The van der Waals surface area contributed by atoms with Crippen LogP contribution in [0.15, 0.2) is 30.6 Å². The fraction of sp³-hybridized carbons (Fsp3) is 0.375. The van der Waals surface area contributed by atoms with E-state index in [2.05, 4.69) is 15.3 Å². The fourth-order valence-corrected chi connectivity index (χ4v) is 2.65. The first-order valence-corrected chi connectivity index (χ1v) is 7.46. The summed E-state index contributed by atoms with van der Waals surface area (Å²) in [5, 5.41) is 4.05. The minimum absolute atomic E-state index is 0.0610. The molecule has 116 valence electrons. The summed E-state index contributed by atoms with van der Waals surface area (Å²) in [5.41, 5.74) is 1.60. The van der Waals surface area contributed by atoms with Crippen LogP contribution in [0, 0.1) is 5.82 Å².